The summed E-state index contributed by atoms with van der Waals surface area (Å²) in [5, 5.41) is 18.6. The van der Waals surface area contributed by atoms with Gasteiger partial charge >= 0.3 is 0 Å². The SMILES string of the molecule is COc1cc2c(cc1OC)C(O)N(c1ccc(C(=O)CNc3cnccc3N3CCC4(CC3)CNC4)s1)C2. The summed E-state index contributed by atoms with van der Waals surface area (Å²) in [7, 11) is 3.18. The number of thiophene rings is 1. The van der Waals surface area contributed by atoms with Crippen molar-refractivity contribution in [2.24, 2.45) is 5.41 Å². The number of ketones is 1. The van der Waals surface area contributed by atoms with Crippen LogP contribution in [0.15, 0.2) is 42.7 Å². The van der Waals surface area contributed by atoms with Gasteiger partial charge in [0.25, 0.3) is 0 Å². The molecule has 10 heteroatoms. The summed E-state index contributed by atoms with van der Waals surface area (Å²) in [6.45, 7) is 4.99. The first-order valence-electron chi connectivity index (χ1n) is 13.0. The highest BCUT2D eigenvalue weighted by molar-refractivity contribution is 7.18. The maximum Gasteiger partial charge on any atom is 0.191 e. The molecule has 0 radical (unpaired) electrons. The molecule has 0 aliphatic carbocycles. The van der Waals surface area contributed by atoms with Gasteiger partial charge in [-0.1, -0.05) is 0 Å². The highest BCUT2D eigenvalue weighted by atomic mass is 32.1. The van der Waals surface area contributed by atoms with Crippen molar-refractivity contribution in [1.29, 1.82) is 0 Å². The van der Waals surface area contributed by atoms with Crippen LogP contribution in [0.25, 0.3) is 0 Å². The molecule has 1 unspecified atom stereocenters. The first kappa shape index (κ1) is 25.0. The molecule has 1 aromatic carbocycles. The lowest BCUT2D eigenvalue weighted by Gasteiger charge is -2.49. The Bertz CT molecular complexity index is 1330. The van der Waals surface area contributed by atoms with Crippen molar-refractivity contribution >= 4 is 33.5 Å². The highest BCUT2D eigenvalue weighted by Crippen LogP contribution is 2.43. The van der Waals surface area contributed by atoms with Crippen LogP contribution in [0.2, 0.25) is 0 Å². The van der Waals surface area contributed by atoms with Gasteiger partial charge in [0, 0.05) is 44.5 Å². The number of benzene rings is 1. The molecule has 2 aromatic heterocycles. The summed E-state index contributed by atoms with van der Waals surface area (Å²) >= 11 is 1.39. The van der Waals surface area contributed by atoms with Gasteiger partial charge in [0.2, 0.25) is 0 Å². The number of fused-ring (bicyclic) bond motifs is 1. The Labute approximate surface area is 226 Å². The molecule has 1 atom stereocenters. The van der Waals surface area contributed by atoms with Crippen LogP contribution >= 0.6 is 11.3 Å². The van der Waals surface area contributed by atoms with E-state index in [1.54, 1.807) is 20.4 Å². The number of aromatic nitrogens is 1. The fourth-order valence-corrected chi connectivity index (χ4v) is 6.66. The molecule has 0 saturated carbocycles. The number of ether oxygens (including phenoxy) is 2. The number of aliphatic hydroxyl groups is 1. The molecule has 0 bridgehead atoms. The zero-order valence-corrected chi connectivity index (χ0v) is 22.5. The van der Waals surface area contributed by atoms with Crippen LogP contribution in [0.5, 0.6) is 11.5 Å². The lowest BCUT2D eigenvalue weighted by Crippen LogP contribution is -2.58. The van der Waals surface area contributed by atoms with Gasteiger partial charge in [-0.25, -0.2) is 0 Å². The van der Waals surface area contributed by atoms with E-state index >= 15 is 0 Å². The fourth-order valence-electron chi connectivity index (χ4n) is 5.70. The predicted octanol–water partition coefficient (Wildman–Crippen LogP) is 3.66. The van der Waals surface area contributed by atoms with E-state index in [1.165, 1.54) is 24.2 Å². The largest absolute Gasteiger partial charge is 0.493 e. The molecule has 200 valence electrons. The molecule has 38 heavy (non-hydrogen) atoms. The molecule has 2 fully saturated rings. The van der Waals surface area contributed by atoms with Gasteiger partial charge in [-0.2, -0.15) is 0 Å². The molecular formula is C28H33N5O4S. The van der Waals surface area contributed by atoms with E-state index < -0.39 is 6.23 Å². The number of Topliss-reactive ketones (excluding diaryl/α,β-unsaturated/α-hetero) is 1. The van der Waals surface area contributed by atoms with Crippen molar-refractivity contribution < 1.29 is 19.4 Å². The fraction of sp³-hybridized carbons (Fsp3) is 0.429. The molecule has 3 aliphatic rings. The molecular weight excluding hydrogens is 502 g/mol. The number of hydrogen-bond donors (Lipinski definition) is 3. The van der Waals surface area contributed by atoms with Crippen LogP contribution in [0.3, 0.4) is 0 Å². The van der Waals surface area contributed by atoms with Gasteiger partial charge in [0.1, 0.15) is 0 Å². The minimum Gasteiger partial charge on any atom is -0.493 e. The summed E-state index contributed by atoms with van der Waals surface area (Å²) < 4.78 is 10.8. The first-order chi connectivity index (χ1) is 18.5. The number of aliphatic hydroxyl groups excluding tert-OH is 1. The quantitative estimate of drug-likeness (QED) is 0.373. The maximum absolute atomic E-state index is 13.1. The molecule has 6 rings (SSSR count). The van der Waals surface area contributed by atoms with E-state index in [0.29, 0.717) is 28.3 Å². The van der Waals surface area contributed by atoms with Crippen molar-refractivity contribution in [2.45, 2.75) is 25.6 Å². The van der Waals surface area contributed by atoms with E-state index in [4.69, 9.17) is 9.47 Å². The maximum atomic E-state index is 13.1. The van der Waals surface area contributed by atoms with Crippen molar-refractivity contribution in [3.05, 3.63) is 58.7 Å². The number of rotatable bonds is 8. The average molecular weight is 536 g/mol. The number of hydrogen-bond acceptors (Lipinski definition) is 10. The average Bonchev–Trinajstić information content (AvgIpc) is 3.55. The molecule has 2 saturated heterocycles. The second-order valence-electron chi connectivity index (χ2n) is 10.3. The number of piperidine rings is 1. The third kappa shape index (κ3) is 4.46. The number of pyridine rings is 1. The third-order valence-electron chi connectivity index (χ3n) is 8.11. The Balaban J connectivity index is 1.11. The van der Waals surface area contributed by atoms with Crippen LogP contribution in [0.1, 0.15) is 39.9 Å². The van der Waals surface area contributed by atoms with Crippen molar-refractivity contribution in [1.82, 2.24) is 10.3 Å². The number of nitrogens with one attached hydrogen (secondary N) is 2. The second kappa shape index (κ2) is 10.1. The third-order valence-corrected chi connectivity index (χ3v) is 9.27. The molecule has 1 spiro atoms. The Hall–Kier alpha value is -3.34. The Morgan fingerprint density at radius 2 is 1.95 bits per heavy atom. The van der Waals surface area contributed by atoms with Crippen LogP contribution in [-0.4, -0.2) is 62.8 Å². The Kier molecular flexibility index (Phi) is 6.63. The Morgan fingerprint density at radius 1 is 1.18 bits per heavy atom. The summed E-state index contributed by atoms with van der Waals surface area (Å²) in [6, 6.07) is 9.48. The standard InChI is InChI=1S/C28H33N5O4S/c1-36-23-11-18-15-33(27(35)19(18)12-24(23)37-2)26-4-3-25(38-26)22(34)14-31-20-13-29-8-5-21(20)32-9-6-28(7-10-32)16-30-17-28/h3-5,8,11-13,27,30-31,35H,6-7,9-10,14-17H2,1-2H3. The van der Waals surface area contributed by atoms with Crippen LogP contribution in [0, 0.1) is 5.41 Å². The summed E-state index contributed by atoms with van der Waals surface area (Å²) in [5.41, 5.74) is 4.22. The molecule has 5 heterocycles. The van der Waals surface area contributed by atoms with Gasteiger partial charge in [0.05, 0.1) is 48.2 Å². The second-order valence-corrected chi connectivity index (χ2v) is 11.4. The molecule has 3 aliphatic heterocycles. The van der Waals surface area contributed by atoms with Crippen LogP contribution in [0.4, 0.5) is 16.4 Å². The number of nitrogens with zero attached hydrogens (tertiary/aromatic N) is 3. The summed E-state index contributed by atoms with van der Waals surface area (Å²) in [6.07, 6.45) is 5.17. The van der Waals surface area contributed by atoms with Crippen molar-refractivity contribution in [3.8, 4) is 11.5 Å². The monoisotopic (exact) mass is 535 g/mol. The summed E-state index contributed by atoms with van der Waals surface area (Å²) in [4.78, 5) is 22.4. The molecule has 0 amide bonds. The van der Waals surface area contributed by atoms with Gasteiger partial charge in [-0.3, -0.25) is 9.78 Å². The number of carbonyl (C=O) groups is 1. The lowest BCUT2D eigenvalue weighted by atomic mass is 9.73. The minimum absolute atomic E-state index is 0.00346. The zero-order chi connectivity index (χ0) is 26.3. The predicted molar refractivity (Wildman–Crippen MR) is 149 cm³/mol. The number of methoxy groups -OCH3 is 2. The molecule has 3 aromatic rings. The smallest absolute Gasteiger partial charge is 0.191 e. The minimum atomic E-state index is -0.818. The molecule has 3 N–H and O–H groups in total. The normalized spacial score (nSPS) is 19.7. The van der Waals surface area contributed by atoms with Gasteiger partial charge < -0.3 is 35.0 Å². The van der Waals surface area contributed by atoms with Crippen LogP contribution in [-0.2, 0) is 6.54 Å². The van der Waals surface area contributed by atoms with E-state index in [0.717, 1.165) is 53.7 Å². The molecule has 9 nitrogen and oxygen atoms in total. The van der Waals surface area contributed by atoms with Gasteiger partial charge in [0.15, 0.2) is 23.5 Å². The van der Waals surface area contributed by atoms with E-state index in [9.17, 15) is 9.90 Å². The van der Waals surface area contributed by atoms with Gasteiger partial charge in [-0.15, -0.1) is 11.3 Å². The topological polar surface area (TPSA) is 99.2 Å². The van der Waals surface area contributed by atoms with Crippen molar-refractivity contribution in [2.75, 3.05) is 62.1 Å². The number of anilines is 3. The Morgan fingerprint density at radius 3 is 2.66 bits per heavy atom. The van der Waals surface area contributed by atoms with E-state index in [-0.39, 0.29) is 12.3 Å². The first-order valence-corrected chi connectivity index (χ1v) is 13.8. The summed E-state index contributed by atoms with van der Waals surface area (Å²) in [5.74, 6) is 1.22. The van der Waals surface area contributed by atoms with Crippen molar-refractivity contribution in [3.63, 3.8) is 0 Å². The number of carbonyl (C=O) groups excluding carboxylic acids is 1. The van der Waals surface area contributed by atoms with E-state index in [2.05, 4.69) is 20.5 Å². The van der Waals surface area contributed by atoms with E-state index in [1.807, 2.05) is 41.4 Å². The van der Waals surface area contributed by atoms with Gasteiger partial charge in [-0.05, 0) is 54.2 Å². The lowest BCUT2D eigenvalue weighted by molar-refractivity contribution is 0.101. The van der Waals surface area contributed by atoms with Crippen LogP contribution < -0.4 is 29.9 Å². The zero-order valence-electron chi connectivity index (χ0n) is 21.7. The highest BCUT2D eigenvalue weighted by Gasteiger charge is 2.40.